The Bertz CT molecular complexity index is 531. The fourth-order valence-corrected chi connectivity index (χ4v) is 3.32. The van der Waals surface area contributed by atoms with Crippen LogP contribution in [-0.4, -0.2) is 31.8 Å². The van der Waals surface area contributed by atoms with Crippen LogP contribution in [0.15, 0.2) is 24.3 Å². The number of ketones is 1. The summed E-state index contributed by atoms with van der Waals surface area (Å²) in [7, 11) is -1.90. The third-order valence-electron chi connectivity index (χ3n) is 3.37. The van der Waals surface area contributed by atoms with Crippen LogP contribution in [0.1, 0.15) is 37.6 Å². The minimum absolute atomic E-state index is 0.372. The minimum atomic E-state index is -3.43. The van der Waals surface area contributed by atoms with Gasteiger partial charge in [0.2, 0.25) is 0 Å². The van der Waals surface area contributed by atoms with Gasteiger partial charge in [-0.25, -0.2) is 8.42 Å². The summed E-state index contributed by atoms with van der Waals surface area (Å²) in [5.41, 5.74) is 0.389. The first-order valence-corrected chi connectivity index (χ1v) is 7.86. The number of methoxy groups -OCH3 is 1. The van der Waals surface area contributed by atoms with Gasteiger partial charge in [-0.3, -0.25) is 4.79 Å². The molecule has 5 heteroatoms. The summed E-state index contributed by atoms with van der Waals surface area (Å²) >= 11 is 0. The number of rotatable bonds is 6. The summed E-state index contributed by atoms with van der Waals surface area (Å²) in [6.45, 7) is 4.88. The fourth-order valence-electron chi connectivity index (χ4n) is 1.72. The van der Waals surface area contributed by atoms with Gasteiger partial charge in [-0.05, 0) is 44.5 Å². The third-order valence-corrected chi connectivity index (χ3v) is 6.03. The maximum atomic E-state index is 12.2. The molecule has 4 nitrogen and oxygen atoms in total. The Morgan fingerprint density at radius 1 is 1.21 bits per heavy atom. The Balaban J connectivity index is 2.99. The van der Waals surface area contributed by atoms with Gasteiger partial charge in [0.1, 0.15) is 11.0 Å². The van der Waals surface area contributed by atoms with Crippen molar-refractivity contribution >= 4 is 15.6 Å². The van der Waals surface area contributed by atoms with Crippen LogP contribution in [-0.2, 0) is 9.84 Å². The van der Waals surface area contributed by atoms with Crippen molar-refractivity contribution in [2.45, 2.75) is 37.7 Å². The second-order valence-electron chi connectivity index (χ2n) is 4.54. The first-order chi connectivity index (χ1) is 8.84. The molecule has 0 bridgehead atoms. The minimum Gasteiger partial charge on any atom is -0.497 e. The maximum absolute atomic E-state index is 12.2. The SMILES string of the molecule is CCC(C)S(=O)(=O)C(C)C(=O)c1ccc(OC)cc1. The highest BCUT2D eigenvalue weighted by Crippen LogP contribution is 2.18. The number of benzene rings is 1. The zero-order valence-electron chi connectivity index (χ0n) is 11.7. The van der Waals surface area contributed by atoms with Crippen molar-refractivity contribution in [1.82, 2.24) is 0 Å². The molecule has 2 atom stereocenters. The van der Waals surface area contributed by atoms with Gasteiger partial charge in [-0.2, -0.15) is 0 Å². The molecule has 19 heavy (non-hydrogen) atoms. The molecule has 1 aromatic carbocycles. The van der Waals surface area contributed by atoms with Crippen LogP contribution >= 0.6 is 0 Å². The van der Waals surface area contributed by atoms with Crippen LogP contribution in [0, 0.1) is 0 Å². The molecule has 1 aromatic rings. The van der Waals surface area contributed by atoms with E-state index in [0.29, 0.717) is 17.7 Å². The number of carbonyl (C=O) groups excluding carboxylic acids is 1. The lowest BCUT2D eigenvalue weighted by Gasteiger charge is -2.16. The fraction of sp³-hybridized carbons (Fsp3) is 0.500. The van der Waals surface area contributed by atoms with Crippen molar-refractivity contribution in [1.29, 1.82) is 0 Å². The highest BCUT2D eigenvalue weighted by Gasteiger charge is 2.32. The van der Waals surface area contributed by atoms with E-state index in [-0.39, 0.29) is 5.78 Å². The van der Waals surface area contributed by atoms with E-state index in [4.69, 9.17) is 4.74 Å². The second-order valence-corrected chi connectivity index (χ2v) is 7.23. The van der Waals surface area contributed by atoms with E-state index in [9.17, 15) is 13.2 Å². The maximum Gasteiger partial charge on any atom is 0.180 e. The van der Waals surface area contributed by atoms with E-state index in [1.165, 1.54) is 14.0 Å². The number of Topliss-reactive ketones (excluding diaryl/α,β-unsaturated/α-hetero) is 1. The van der Waals surface area contributed by atoms with Gasteiger partial charge in [0.05, 0.1) is 12.4 Å². The van der Waals surface area contributed by atoms with Crippen LogP contribution in [0.2, 0.25) is 0 Å². The highest BCUT2D eigenvalue weighted by atomic mass is 32.2. The van der Waals surface area contributed by atoms with Crippen molar-refractivity contribution in [2.24, 2.45) is 0 Å². The molecule has 2 unspecified atom stereocenters. The molecular formula is C14H20O4S. The van der Waals surface area contributed by atoms with Gasteiger partial charge in [-0.1, -0.05) is 6.92 Å². The van der Waals surface area contributed by atoms with Crippen molar-refractivity contribution < 1.29 is 17.9 Å². The van der Waals surface area contributed by atoms with Gasteiger partial charge < -0.3 is 4.74 Å². The van der Waals surface area contributed by atoms with Crippen LogP contribution < -0.4 is 4.74 Å². The van der Waals surface area contributed by atoms with Gasteiger partial charge in [0.15, 0.2) is 15.6 Å². The van der Waals surface area contributed by atoms with Crippen LogP contribution in [0.4, 0.5) is 0 Å². The monoisotopic (exact) mass is 284 g/mol. The van der Waals surface area contributed by atoms with Crippen LogP contribution in [0.25, 0.3) is 0 Å². The summed E-state index contributed by atoms with van der Waals surface area (Å²) in [4.78, 5) is 12.2. The molecule has 0 heterocycles. The van der Waals surface area contributed by atoms with E-state index in [0.717, 1.165) is 0 Å². The zero-order chi connectivity index (χ0) is 14.6. The number of ether oxygens (including phenoxy) is 1. The first-order valence-electron chi connectivity index (χ1n) is 6.25. The summed E-state index contributed by atoms with van der Waals surface area (Å²) < 4.78 is 29.3. The van der Waals surface area contributed by atoms with Crippen molar-refractivity contribution in [3.63, 3.8) is 0 Å². The molecule has 0 amide bonds. The van der Waals surface area contributed by atoms with Crippen molar-refractivity contribution in [3.05, 3.63) is 29.8 Å². The predicted octanol–water partition coefficient (Wildman–Crippen LogP) is 2.48. The third kappa shape index (κ3) is 3.35. The average Bonchev–Trinajstić information content (AvgIpc) is 2.44. The first kappa shape index (κ1) is 15.7. The number of sulfone groups is 1. The molecule has 0 aromatic heterocycles. The lowest BCUT2D eigenvalue weighted by Crippen LogP contribution is -2.34. The molecule has 0 spiro atoms. The Kier molecular flexibility index (Phi) is 5.11. The molecule has 0 fully saturated rings. The highest BCUT2D eigenvalue weighted by molar-refractivity contribution is 7.93. The second kappa shape index (κ2) is 6.19. The molecule has 0 saturated heterocycles. The Labute approximate surface area is 114 Å². The van der Waals surface area contributed by atoms with Crippen LogP contribution in [0.5, 0.6) is 5.75 Å². The number of hydrogen-bond acceptors (Lipinski definition) is 4. The number of hydrogen-bond donors (Lipinski definition) is 0. The normalized spacial score (nSPS) is 14.7. The summed E-state index contributed by atoms with van der Waals surface area (Å²) in [6.07, 6.45) is 0.503. The van der Waals surface area contributed by atoms with E-state index in [2.05, 4.69) is 0 Å². The molecule has 0 aliphatic heterocycles. The molecule has 0 aliphatic carbocycles. The number of carbonyl (C=O) groups is 1. The summed E-state index contributed by atoms with van der Waals surface area (Å²) in [5.74, 6) is 0.261. The van der Waals surface area contributed by atoms with Gasteiger partial charge in [0, 0.05) is 5.56 Å². The largest absolute Gasteiger partial charge is 0.497 e. The topological polar surface area (TPSA) is 60.4 Å². The van der Waals surface area contributed by atoms with Gasteiger partial charge >= 0.3 is 0 Å². The Morgan fingerprint density at radius 3 is 2.16 bits per heavy atom. The van der Waals surface area contributed by atoms with Crippen molar-refractivity contribution in [3.8, 4) is 5.75 Å². The van der Waals surface area contributed by atoms with Gasteiger partial charge in [-0.15, -0.1) is 0 Å². The van der Waals surface area contributed by atoms with Crippen molar-refractivity contribution in [2.75, 3.05) is 7.11 Å². The summed E-state index contributed by atoms with van der Waals surface area (Å²) in [5, 5.41) is -1.53. The van der Waals surface area contributed by atoms with E-state index in [1.807, 2.05) is 0 Å². The average molecular weight is 284 g/mol. The molecular weight excluding hydrogens is 264 g/mol. The quantitative estimate of drug-likeness (QED) is 0.753. The van der Waals surface area contributed by atoms with E-state index < -0.39 is 20.3 Å². The van der Waals surface area contributed by atoms with E-state index >= 15 is 0 Å². The van der Waals surface area contributed by atoms with E-state index in [1.54, 1.807) is 38.1 Å². The molecule has 0 aliphatic rings. The molecule has 106 valence electrons. The lowest BCUT2D eigenvalue weighted by atomic mass is 10.1. The summed E-state index contributed by atoms with van der Waals surface area (Å²) in [6, 6.07) is 6.47. The molecule has 0 N–H and O–H groups in total. The van der Waals surface area contributed by atoms with Gasteiger partial charge in [0.25, 0.3) is 0 Å². The Morgan fingerprint density at radius 2 is 1.74 bits per heavy atom. The van der Waals surface area contributed by atoms with Crippen LogP contribution in [0.3, 0.4) is 0 Å². The smallest absolute Gasteiger partial charge is 0.180 e. The lowest BCUT2D eigenvalue weighted by molar-refractivity contribution is 0.0991. The predicted molar refractivity (Wildman–Crippen MR) is 75.5 cm³/mol. The zero-order valence-corrected chi connectivity index (χ0v) is 12.5. The standard InChI is InChI=1S/C14H20O4S/c1-5-10(2)19(16,17)11(3)14(15)12-6-8-13(18-4)9-7-12/h6-11H,5H2,1-4H3. The molecule has 0 radical (unpaired) electrons. The molecule has 0 saturated carbocycles. The Hall–Kier alpha value is -1.36. The molecule has 1 rings (SSSR count).